The average Bonchev–Trinajstić information content (AvgIpc) is 2.73. The molecule has 3 rings (SSSR count). The number of fused-ring (bicyclic) bond motifs is 1. The lowest BCUT2D eigenvalue weighted by Crippen LogP contribution is -2.39. The first-order chi connectivity index (χ1) is 14.8. The van der Waals surface area contributed by atoms with E-state index in [2.05, 4.69) is 16.4 Å². The third kappa shape index (κ3) is 5.02. The van der Waals surface area contributed by atoms with E-state index in [4.69, 9.17) is 10.00 Å². The molecule has 162 valence electrons. The molecule has 0 spiro atoms. The summed E-state index contributed by atoms with van der Waals surface area (Å²) in [6, 6.07) is 9.89. The molecule has 0 fully saturated rings. The Labute approximate surface area is 181 Å². The minimum Gasteiger partial charge on any atom is -0.453 e. The highest BCUT2D eigenvalue weighted by molar-refractivity contribution is 5.83. The van der Waals surface area contributed by atoms with Crippen LogP contribution in [-0.2, 0) is 27.2 Å². The molecule has 0 radical (unpaired) electrons. The van der Waals surface area contributed by atoms with Crippen molar-refractivity contribution in [3.05, 3.63) is 68.1 Å². The second-order valence-electron chi connectivity index (χ2n) is 7.95. The van der Waals surface area contributed by atoms with Gasteiger partial charge >= 0.3 is 5.97 Å². The molecule has 1 aliphatic rings. The lowest BCUT2D eigenvalue weighted by Gasteiger charge is -2.27. The highest BCUT2D eigenvalue weighted by Crippen LogP contribution is 2.29. The molecule has 1 amide bonds. The Kier molecular flexibility index (Phi) is 6.91. The van der Waals surface area contributed by atoms with Gasteiger partial charge in [0.25, 0.3) is 11.5 Å². The standard InChI is InChI=1S/C24H27N3O4/c1-14-18(15(2)26-24(30)20(14)13-25)11-12-22(28)31-16(3)23(29)27-21-10-6-8-17-7-4-5-9-19(17)21/h4-5,7,9,16,21H,6,8,10-12H2,1-3H3,(H,26,30)(H,27,29)/t16-,21+/m0/s1. The van der Waals surface area contributed by atoms with Crippen molar-refractivity contribution >= 4 is 11.9 Å². The average molecular weight is 421 g/mol. The number of nitrogens with one attached hydrogen (secondary N) is 2. The van der Waals surface area contributed by atoms with Crippen LogP contribution in [0, 0.1) is 25.2 Å². The molecular weight excluding hydrogens is 394 g/mol. The maximum absolute atomic E-state index is 12.6. The zero-order valence-electron chi connectivity index (χ0n) is 18.1. The van der Waals surface area contributed by atoms with Crippen molar-refractivity contribution in [1.82, 2.24) is 10.3 Å². The van der Waals surface area contributed by atoms with Crippen LogP contribution in [-0.4, -0.2) is 23.0 Å². The number of pyridine rings is 1. The van der Waals surface area contributed by atoms with E-state index in [-0.39, 0.29) is 23.9 Å². The molecule has 0 bridgehead atoms. The van der Waals surface area contributed by atoms with Gasteiger partial charge in [-0.05, 0) is 68.7 Å². The fourth-order valence-corrected chi connectivity index (χ4v) is 4.15. The van der Waals surface area contributed by atoms with E-state index in [1.54, 1.807) is 20.8 Å². The van der Waals surface area contributed by atoms with Gasteiger partial charge in [0.15, 0.2) is 6.10 Å². The van der Waals surface area contributed by atoms with Gasteiger partial charge in [0.1, 0.15) is 11.6 Å². The minimum atomic E-state index is -0.908. The molecule has 2 N–H and O–H groups in total. The van der Waals surface area contributed by atoms with Crippen LogP contribution in [0.1, 0.15) is 65.7 Å². The van der Waals surface area contributed by atoms with Crippen molar-refractivity contribution in [2.75, 3.05) is 0 Å². The molecule has 1 aromatic heterocycles. The van der Waals surface area contributed by atoms with Crippen LogP contribution in [0.5, 0.6) is 0 Å². The minimum absolute atomic E-state index is 0.0441. The summed E-state index contributed by atoms with van der Waals surface area (Å²) in [7, 11) is 0. The van der Waals surface area contributed by atoms with Gasteiger partial charge in [-0.25, -0.2) is 0 Å². The first-order valence-electron chi connectivity index (χ1n) is 10.5. The predicted octanol–water partition coefficient (Wildman–Crippen LogP) is 2.92. The van der Waals surface area contributed by atoms with Gasteiger partial charge in [-0.3, -0.25) is 14.4 Å². The first-order valence-corrected chi connectivity index (χ1v) is 10.5. The Bertz CT molecular complexity index is 1100. The third-order valence-electron chi connectivity index (χ3n) is 5.86. The fourth-order valence-electron chi connectivity index (χ4n) is 4.15. The molecule has 0 unspecified atom stereocenters. The van der Waals surface area contributed by atoms with Gasteiger partial charge < -0.3 is 15.0 Å². The molecule has 0 aliphatic heterocycles. The van der Waals surface area contributed by atoms with Gasteiger partial charge in [-0.2, -0.15) is 5.26 Å². The molecular formula is C24H27N3O4. The fraction of sp³-hybridized carbons (Fsp3) is 0.417. The van der Waals surface area contributed by atoms with E-state index < -0.39 is 17.6 Å². The summed E-state index contributed by atoms with van der Waals surface area (Å²) in [5.41, 5.74) is 3.91. The van der Waals surface area contributed by atoms with Gasteiger partial charge in [0, 0.05) is 12.1 Å². The number of esters is 1. The number of aromatic nitrogens is 1. The molecule has 1 aliphatic carbocycles. The van der Waals surface area contributed by atoms with E-state index in [0.717, 1.165) is 30.4 Å². The second kappa shape index (κ2) is 9.61. The number of hydrogen-bond donors (Lipinski definition) is 2. The lowest BCUT2D eigenvalue weighted by atomic mass is 9.87. The Morgan fingerprint density at radius 1 is 1.32 bits per heavy atom. The quantitative estimate of drug-likeness (QED) is 0.697. The van der Waals surface area contributed by atoms with Crippen molar-refractivity contribution in [2.24, 2.45) is 0 Å². The normalized spacial score (nSPS) is 16.0. The van der Waals surface area contributed by atoms with Crippen molar-refractivity contribution < 1.29 is 14.3 Å². The Hall–Kier alpha value is -3.40. The zero-order chi connectivity index (χ0) is 22.5. The van der Waals surface area contributed by atoms with Crippen molar-refractivity contribution in [3.8, 4) is 6.07 Å². The molecule has 7 heteroatoms. The van der Waals surface area contributed by atoms with Crippen LogP contribution in [0.3, 0.4) is 0 Å². The Balaban J connectivity index is 1.58. The maximum Gasteiger partial charge on any atom is 0.306 e. The summed E-state index contributed by atoms with van der Waals surface area (Å²) >= 11 is 0. The highest BCUT2D eigenvalue weighted by atomic mass is 16.5. The molecule has 1 heterocycles. The van der Waals surface area contributed by atoms with E-state index in [1.165, 1.54) is 5.56 Å². The summed E-state index contributed by atoms with van der Waals surface area (Å²) in [4.78, 5) is 39.4. The number of nitrogens with zero attached hydrogens (tertiary/aromatic N) is 1. The van der Waals surface area contributed by atoms with Crippen LogP contribution in [0.2, 0.25) is 0 Å². The summed E-state index contributed by atoms with van der Waals surface area (Å²) in [5, 5.41) is 12.2. The Morgan fingerprint density at radius 2 is 2.06 bits per heavy atom. The lowest BCUT2D eigenvalue weighted by molar-refractivity contribution is -0.155. The number of amides is 1. The summed E-state index contributed by atoms with van der Waals surface area (Å²) < 4.78 is 5.34. The monoisotopic (exact) mass is 421 g/mol. The number of hydrogen-bond acceptors (Lipinski definition) is 5. The molecule has 7 nitrogen and oxygen atoms in total. The summed E-state index contributed by atoms with van der Waals surface area (Å²) in [5.74, 6) is -0.826. The van der Waals surface area contributed by atoms with Gasteiger partial charge in [-0.1, -0.05) is 24.3 Å². The van der Waals surface area contributed by atoms with Crippen LogP contribution >= 0.6 is 0 Å². The maximum atomic E-state index is 12.6. The molecule has 0 saturated carbocycles. The number of aromatic amines is 1. The van der Waals surface area contributed by atoms with Crippen molar-refractivity contribution in [1.29, 1.82) is 5.26 Å². The largest absolute Gasteiger partial charge is 0.453 e. The SMILES string of the molecule is Cc1[nH]c(=O)c(C#N)c(C)c1CCC(=O)O[C@@H](C)C(=O)N[C@@H]1CCCc2ccccc21. The zero-order valence-corrected chi connectivity index (χ0v) is 18.1. The van der Waals surface area contributed by atoms with Crippen LogP contribution in [0.25, 0.3) is 0 Å². The number of carbonyl (C=O) groups is 2. The van der Waals surface area contributed by atoms with E-state index in [0.29, 0.717) is 17.7 Å². The van der Waals surface area contributed by atoms with Gasteiger partial charge in [0.05, 0.1) is 6.04 Å². The smallest absolute Gasteiger partial charge is 0.306 e. The predicted molar refractivity (Wildman–Crippen MR) is 115 cm³/mol. The van der Waals surface area contributed by atoms with Crippen LogP contribution < -0.4 is 10.9 Å². The van der Waals surface area contributed by atoms with Crippen molar-refractivity contribution in [2.45, 2.75) is 65.0 Å². The first kappa shape index (κ1) is 22.3. The third-order valence-corrected chi connectivity index (χ3v) is 5.86. The topological polar surface area (TPSA) is 112 Å². The molecule has 2 atom stereocenters. The number of H-pyrrole nitrogens is 1. The number of ether oxygens (including phenoxy) is 1. The van der Waals surface area contributed by atoms with E-state index in [1.807, 2.05) is 24.3 Å². The number of benzene rings is 1. The number of rotatable bonds is 6. The molecule has 2 aromatic rings. The van der Waals surface area contributed by atoms with Gasteiger partial charge in [0.2, 0.25) is 0 Å². The summed E-state index contributed by atoms with van der Waals surface area (Å²) in [6.07, 6.45) is 2.31. The molecule has 0 saturated heterocycles. The second-order valence-corrected chi connectivity index (χ2v) is 7.95. The van der Waals surface area contributed by atoms with Crippen LogP contribution in [0.15, 0.2) is 29.1 Å². The van der Waals surface area contributed by atoms with Crippen LogP contribution in [0.4, 0.5) is 0 Å². The van der Waals surface area contributed by atoms with Gasteiger partial charge in [-0.15, -0.1) is 0 Å². The number of carbonyl (C=O) groups excluding carboxylic acids is 2. The molecule has 1 aromatic carbocycles. The highest BCUT2D eigenvalue weighted by Gasteiger charge is 2.25. The number of aryl methyl sites for hydroxylation is 2. The van der Waals surface area contributed by atoms with E-state index in [9.17, 15) is 14.4 Å². The molecule has 31 heavy (non-hydrogen) atoms. The Morgan fingerprint density at radius 3 is 2.81 bits per heavy atom. The van der Waals surface area contributed by atoms with Crippen molar-refractivity contribution in [3.63, 3.8) is 0 Å². The van der Waals surface area contributed by atoms with E-state index >= 15 is 0 Å². The number of nitriles is 1. The summed E-state index contributed by atoms with van der Waals surface area (Å²) in [6.45, 7) is 4.99.